The molecule has 0 aromatic heterocycles. The number of carbonyl (C=O) groups is 1. The van der Waals surface area contributed by atoms with Gasteiger partial charge in [0.25, 0.3) is 0 Å². The van der Waals surface area contributed by atoms with Gasteiger partial charge in [-0.2, -0.15) is 4.39 Å². The number of carbonyl (C=O) groups excluding carboxylic acids is 1. The maximum Gasteiger partial charge on any atom is 0.326 e. The molecule has 21 heavy (non-hydrogen) atoms. The van der Waals surface area contributed by atoms with Crippen molar-refractivity contribution in [3.63, 3.8) is 0 Å². The van der Waals surface area contributed by atoms with Gasteiger partial charge in [0, 0.05) is 18.7 Å². The summed E-state index contributed by atoms with van der Waals surface area (Å²) in [6, 6.07) is 6.56. The quantitative estimate of drug-likeness (QED) is 0.427. The second-order valence-electron chi connectivity index (χ2n) is 4.34. The van der Waals surface area contributed by atoms with Crippen molar-refractivity contribution in [2.45, 2.75) is 13.0 Å². The van der Waals surface area contributed by atoms with Gasteiger partial charge in [0.15, 0.2) is 0 Å². The van der Waals surface area contributed by atoms with Crippen LogP contribution >= 0.6 is 0 Å². The van der Waals surface area contributed by atoms with E-state index in [1.165, 1.54) is 5.56 Å². The lowest BCUT2D eigenvalue weighted by Gasteiger charge is -2.00. The summed E-state index contributed by atoms with van der Waals surface area (Å²) in [6.45, 7) is 1.46. The summed E-state index contributed by atoms with van der Waals surface area (Å²) in [5, 5.41) is 3.08. The third-order valence-electron chi connectivity index (χ3n) is 2.53. The van der Waals surface area contributed by atoms with Crippen LogP contribution in [0.2, 0.25) is 0 Å². The van der Waals surface area contributed by atoms with Crippen molar-refractivity contribution in [3.8, 4) is 11.8 Å². The van der Waals surface area contributed by atoms with Gasteiger partial charge in [0.1, 0.15) is 13.2 Å². The Kier molecular flexibility index (Phi) is 9.05. The molecule has 0 unspecified atom stereocenters. The monoisotopic (exact) mass is 293 g/mol. The van der Waals surface area contributed by atoms with Gasteiger partial charge in [0.05, 0.1) is 6.61 Å². The Morgan fingerprint density at radius 2 is 1.95 bits per heavy atom. The maximum atomic E-state index is 11.8. The molecule has 0 bridgehead atoms. The molecule has 0 aliphatic carbocycles. The number of hydrogen-bond acceptors (Lipinski definition) is 4. The Hall–Kier alpha value is -1.74. The van der Waals surface area contributed by atoms with Crippen molar-refractivity contribution in [2.75, 3.05) is 33.5 Å². The highest BCUT2D eigenvalue weighted by Crippen LogP contribution is 2.02. The minimum absolute atomic E-state index is 0.302. The second-order valence-corrected chi connectivity index (χ2v) is 4.34. The topological polar surface area (TPSA) is 47.6 Å². The molecule has 1 aromatic rings. The van der Waals surface area contributed by atoms with Crippen LogP contribution in [-0.2, 0) is 20.8 Å². The number of ether oxygens (including phenoxy) is 2. The number of halogens is 1. The minimum atomic E-state index is -1.46. The molecule has 0 fully saturated rings. The molecule has 0 heterocycles. The van der Waals surface area contributed by atoms with E-state index in [0.717, 1.165) is 12.1 Å². The van der Waals surface area contributed by atoms with E-state index >= 15 is 0 Å². The van der Waals surface area contributed by atoms with Crippen LogP contribution in [0.3, 0.4) is 0 Å². The first kappa shape index (κ1) is 17.3. The number of rotatable bonds is 9. The van der Waals surface area contributed by atoms with E-state index in [-0.39, 0.29) is 0 Å². The number of nitrogens with one attached hydrogen (secondary N) is 1. The fraction of sp³-hybridized carbons (Fsp3) is 0.438. The van der Waals surface area contributed by atoms with Crippen LogP contribution in [0.15, 0.2) is 24.3 Å². The molecule has 0 amide bonds. The highest BCUT2D eigenvalue weighted by molar-refractivity contribution is 5.69. The standard InChI is InChI=1S/C16H20FNO3/c1-18-12-15-7-5-14(6-8-15)4-2-9-20-10-3-11-21-13-16(17)19/h5-8,18H,3,9-13H2,1H3. The molecule has 1 N–H and O–H groups in total. The van der Waals surface area contributed by atoms with E-state index in [1.807, 2.05) is 31.3 Å². The normalized spacial score (nSPS) is 10.0. The summed E-state index contributed by atoms with van der Waals surface area (Å²) in [6.07, 6.45) is 0.605. The van der Waals surface area contributed by atoms with Crippen LogP contribution in [0.1, 0.15) is 17.5 Å². The highest BCUT2D eigenvalue weighted by atomic mass is 19.1. The molecule has 0 aliphatic heterocycles. The summed E-state index contributed by atoms with van der Waals surface area (Å²) in [4.78, 5) is 9.97. The predicted molar refractivity (Wildman–Crippen MR) is 78.5 cm³/mol. The first-order chi connectivity index (χ1) is 10.2. The molecule has 0 radical (unpaired) electrons. The van der Waals surface area contributed by atoms with Crippen molar-refractivity contribution in [3.05, 3.63) is 35.4 Å². The number of benzene rings is 1. The lowest BCUT2D eigenvalue weighted by atomic mass is 10.1. The summed E-state index contributed by atoms with van der Waals surface area (Å²) in [5.41, 5.74) is 2.16. The Bertz CT molecular complexity index is 477. The zero-order chi connectivity index (χ0) is 15.3. The SMILES string of the molecule is CNCc1ccc(C#CCOCCCOCC(=O)F)cc1. The fourth-order valence-electron chi connectivity index (χ4n) is 1.59. The molecular formula is C16H20FNO3. The third kappa shape index (κ3) is 8.92. The van der Waals surface area contributed by atoms with Crippen molar-refractivity contribution in [1.29, 1.82) is 0 Å². The van der Waals surface area contributed by atoms with E-state index in [9.17, 15) is 9.18 Å². The van der Waals surface area contributed by atoms with E-state index in [1.54, 1.807) is 0 Å². The average Bonchev–Trinajstić information content (AvgIpc) is 2.47. The molecule has 5 heteroatoms. The van der Waals surface area contributed by atoms with Crippen LogP contribution in [0.4, 0.5) is 4.39 Å². The summed E-state index contributed by atoms with van der Waals surface area (Å²) < 4.78 is 21.8. The lowest BCUT2D eigenvalue weighted by Crippen LogP contribution is -2.06. The van der Waals surface area contributed by atoms with Gasteiger partial charge in [0.2, 0.25) is 0 Å². The fourth-order valence-corrected chi connectivity index (χ4v) is 1.59. The minimum Gasteiger partial charge on any atom is -0.371 e. The van der Waals surface area contributed by atoms with Crippen LogP contribution in [0.5, 0.6) is 0 Å². The van der Waals surface area contributed by atoms with Gasteiger partial charge < -0.3 is 14.8 Å². The van der Waals surface area contributed by atoms with Crippen molar-refractivity contribution < 1.29 is 18.7 Å². The Morgan fingerprint density at radius 3 is 2.62 bits per heavy atom. The Morgan fingerprint density at radius 1 is 1.24 bits per heavy atom. The van der Waals surface area contributed by atoms with Crippen LogP contribution < -0.4 is 5.32 Å². The van der Waals surface area contributed by atoms with Crippen molar-refractivity contribution >= 4 is 6.04 Å². The van der Waals surface area contributed by atoms with Crippen molar-refractivity contribution in [2.24, 2.45) is 0 Å². The van der Waals surface area contributed by atoms with Gasteiger partial charge in [-0.3, -0.25) is 4.79 Å². The molecular weight excluding hydrogens is 273 g/mol. The first-order valence-corrected chi connectivity index (χ1v) is 6.78. The van der Waals surface area contributed by atoms with E-state index < -0.39 is 12.6 Å². The molecule has 114 valence electrons. The average molecular weight is 293 g/mol. The van der Waals surface area contributed by atoms with Gasteiger partial charge in [-0.25, -0.2) is 0 Å². The summed E-state index contributed by atoms with van der Waals surface area (Å²) in [7, 11) is 1.91. The molecule has 0 spiro atoms. The number of hydrogen-bond donors (Lipinski definition) is 1. The predicted octanol–water partition coefficient (Wildman–Crippen LogP) is 1.68. The molecule has 0 atom stereocenters. The van der Waals surface area contributed by atoms with Gasteiger partial charge >= 0.3 is 6.04 Å². The smallest absolute Gasteiger partial charge is 0.326 e. The summed E-state index contributed by atoms with van der Waals surface area (Å²) in [5.74, 6) is 5.93. The Balaban J connectivity index is 2.11. The molecule has 0 aliphatic rings. The zero-order valence-corrected chi connectivity index (χ0v) is 12.2. The highest BCUT2D eigenvalue weighted by Gasteiger charge is 1.96. The van der Waals surface area contributed by atoms with E-state index in [4.69, 9.17) is 9.47 Å². The van der Waals surface area contributed by atoms with Gasteiger partial charge in [-0.1, -0.05) is 24.0 Å². The molecule has 4 nitrogen and oxygen atoms in total. The lowest BCUT2D eigenvalue weighted by molar-refractivity contribution is -0.134. The third-order valence-corrected chi connectivity index (χ3v) is 2.53. The largest absolute Gasteiger partial charge is 0.371 e. The van der Waals surface area contributed by atoms with E-state index in [2.05, 4.69) is 17.2 Å². The van der Waals surface area contributed by atoms with Crippen LogP contribution in [0.25, 0.3) is 0 Å². The van der Waals surface area contributed by atoms with Gasteiger partial charge in [-0.15, -0.1) is 0 Å². The first-order valence-electron chi connectivity index (χ1n) is 6.78. The molecule has 0 saturated heterocycles. The van der Waals surface area contributed by atoms with E-state index in [0.29, 0.717) is 26.2 Å². The molecule has 1 aromatic carbocycles. The van der Waals surface area contributed by atoms with Crippen LogP contribution in [0, 0.1) is 11.8 Å². The summed E-state index contributed by atoms with van der Waals surface area (Å²) >= 11 is 0. The Labute approximate surface area is 124 Å². The van der Waals surface area contributed by atoms with Crippen LogP contribution in [-0.4, -0.2) is 39.5 Å². The molecule has 1 rings (SSSR count). The van der Waals surface area contributed by atoms with Crippen molar-refractivity contribution in [1.82, 2.24) is 5.32 Å². The zero-order valence-electron chi connectivity index (χ0n) is 12.2. The molecule has 0 saturated carbocycles. The maximum absolute atomic E-state index is 11.8. The second kappa shape index (κ2) is 11.0. The van der Waals surface area contributed by atoms with Gasteiger partial charge in [-0.05, 0) is 31.2 Å².